The van der Waals surface area contributed by atoms with E-state index in [0.717, 1.165) is 66.4 Å². The zero-order valence-electron chi connectivity index (χ0n) is 32.0. The molecular weight excluding hydrogens is 747 g/mol. The first-order valence-corrected chi connectivity index (χ1v) is 18.8. The van der Waals surface area contributed by atoms with Crippen molar-refractivity contribution in [2.45, 2.75) is 63.3 Å². The van der Waals surface area contributed by atoms with Gasteiger partial charge in [-0.05, 0) is 60.7 Å². The number of ether oxygens (including phenoxy) is 1. The van der Waals surface area contributed by atoms with Gasteiger partial charge in [-0.1, -0.05) is 55.0 Å². The van der Waals surface area contributed by atoms with E-state index < -0.39 is 24.3 Å². The van der Waals surface area contributed by atoms with Crippen LogP contribution in [0, 0.1) is 0 Å². The third-order valence-electron chi connectivity index (χ3n) is 9.62. The second-order valence-electron chi connectivity index (χ2n) is 14.6. The smallest absolute Gasteiger partial charge is 0.430 e. The number of alkyl halides is 3. The fourth-order valence-corrected chi connectivity index (χ4v) is 6.40. The number of aryl methyl sites for hydroxylation is 1. The quantitative estimate of drug-likeness (QED) is 0.0741. The normalized spacial score (nSPS) is 14.6. The van der Waals surface area contributed by atoms with Crippen LogP contribution in [0.15, 0.2) is 77.6 Å². The van der Waals surface area contributed by atoms with Crippen molar-refractivity contribution in [1.29, 1.82) is 0 Å². The van der Waals surface area contributed by atoms with Crippen LogP contribution in [-0.2, 0) is 20.7 Å². The van der Waals surface area contributed by atoms with Gasteiger partial charge < -0.3 is 45.0 Å². The highest BCUT2D eigenvalue weighted by Gasteiger charge is 2.29. The number of carboxylic acid groups (broad SMARTS) is 1. The number of anilines is 1. The van der Waals surface area contributed by atoms with Gasteiger partial charge in [-0.2, -0.15) is 13.2 Å². The van der Waals surface area contributed by atoms with E-state index in [9.17, 15) is 37.8 Å². The third kappa shape index (κ3) is 14.2. The van der Waals surface area contributed by atoms with E-state index >= 15 is 0 Å². The summed E-state index contributed by atoms with van der Waals surface area (Å²) in [6.07, 6.45) is -1.34. The number of carboxylic acids is 1. The van der Waals surface area contributed by atoms with Gasteiger partial charge in [-0.3, -0.25) is 14.9 Å². The summed E-state index contributed by atoms with van der Waals surface area (Å²) < 4.78 is 38.3. The molecule has 0 radical (unpaired) electrons. The van der Waals surface area contributed by atoms with Crippen LogP contribution < -0.4 is 26.6 Å². The summed E-state index contributed by atoms with van der Waals surface area (Å²) in [4.78, 5) is 48.6. The van der Waals surface area contributed by atoms with E-state index in [-0.39, 0.29) is 23.3 Å². The topological polar surface area (TPSA) is 193 Å². The number of carbonyl (C=O) groups is 3. The summed E-state index contributed by atoms with van der Waals surface area (Å²) in [7, 11) is 4.39. The van der Waals surface area contributed by atoms with Crippen LogP contribution in [0.2, 0.25) is 0 Å². The lowest BCUT2D eigenvalue weighted by atomic mass is 9.99. The first-order valence-electron chi connectivity index (χ1n) is 18.8. The molecule has 0 saturated carbocycles. The Hall–Kier alpha value is -5.45. The van der Waals surface area contributed by atoms with Gasteiger partial charge in [0.25, 0.3) is 0 Å². The number of aliphatic hydroxyl groups is 1. The Morgan fingerprint density at radius 3 is 2.33 bits per heavy atom. The number of halogens is 3. The minimum atomic E-state index is -5.19. The molecule has 0 unspecified atom stereocenters. The summed E-state index contributed by atoms with van der Waals surface area (Å²) >= 11 is 0. The first kappa shape index (κ1) is 44.3. The molecule has 4 aromatic rings. The summed E-state index contributed by atoms with van der Waals surface area (Å²) in [5.74, 6) is -3.06. The maximum absolute atomic E-state index is 12.9. The lowest BCUT2D eigenvalue weighted by molar-refractivity contribution is -0.896. The highest BCUT2D eigenvalue weighted by molar-refractivity contribution is 5.92. The van der Waals surface area contributed by atoms with E-state index in [4.69, 9.17) is 14.6 Å². The summed E-state index contributed by atoms with van der Waals surface area (Å²) in [6, 6.07) is 21.9. The molecule has 3 aromatic carbocycles. The number of aromatic hydroxyl groups is 1. The monoisotopic (exact) mass is 797 g/mol. The number of hydrogen-bond donors (Lipinski definition) is 6. The molecule has 1 saturated heterocycles. The van der Waals surface area contributed by atoms with Crippen LogP contribution in [0.3, 0.4) is 0 Å². The number of hydrogen-bond acceptors (Lipinski definition) is 9. The molecule has 1 aliphatic rings. The average Bonchev–Trinajstić information content (AvgIpc) is 3.16. The van der Waals surface area contributed by atoms with Gasteiger partial charge in [-0.25, -0.2) is 4.79 Å². The summed E-state index contributed by atoms with van der Waals surface area (Å²) in [6.45, 7) is 3.57. The maximum atomic E-state index is 12.9. The van der Waals surface area contributed by atoms with Gasteiger partial charge in [0, 0.05) is 49.4 Å². The molecular formula is C41H50F3N5O8. The number of phenolic OH excluding ortho intramolecular Hbond substituents is 1. The minimum absolute atomic E-state index is 0.0200. The van der Waals surface area contributed by atoms with Crippen LogP contribution in [0.4, 0.5) is 23.7 Å². The molecule has 0 bridgehead atoms. The number of aliphatic hydroxyl groups excluding tert-OH is 1. The SMILES string of the molecule is C[N+]1(C)CCC(OC(=O)Nc2cc(CCC(=O)NCCCCCNC[C@H](O)c3ccc(O)c4[nH]c(=O)ccc34)ccc2-c2ccccc2)CC1.O=C([O-])C(F)(F)F. The van der Waals surface area contributed by atoms with Crippen molar-refractivity contribution in [3.05, 3.63) is 94.3 Å². The number of phenols is 1. The fourth-order valence-electron chi connectivity index (χ4n) is 6.40. The molecule has 16 heteroatoms. The second-order valence-corrected chi connectivity index (χ2v) is 14.6. The van der Waals surface area contributed by atoms with Crippen LogP contribution in [0.25, 0.3) is 22.0 Å². The van der Waals surface area contributed by atoms with Crippen molar-refractivity contribution in [3.63, 3.8) is 0 Å². The number of nitrogens with zero attached hydrogens (tertiary/aromatic N) is 1. The number of aromatic amines is 1. The number of benzene rings is 3. The molecule has 5 rings (SSSR count). The fraction of sp³-hybridized carbons (Fsp3) is 0.415. The largest absolute Gasteiger partial charge is 0.542 e. The van der Waals surface area contributed by atoms with Gasteiger partial charge in [0.2, 0.25) is 11.5 Å². The molecule has 1 fully saturated rings. The number of piperidine rings is 1. The van der Waals surface area contributed by atoms with Crippen molar-refractivity contribution in [2.75, 3.05) is 52.1 Å². The second kappa shape index (κ2) is 20.6. The Morgan fingerprint density at radius 2 is 1.65 bits per heavy atom. The van der Waals surface area contributed by atoms with Crippen molar-refractivity contribution in [2.24, 2.45) is 0 Å². The van der Waals surface area contributed by atoms with Crippen molar-refractivity contribution in [1.82, 2.24) is 15.6 Å². The molecule has 6 N–H and O–H groups in total. The Bertz CT molecular complexity index is 2010. The highest BCUT2D eigenvalue weighted by Crippen LogP contribution is 2.31. The molecule has 2 heterocycles. The van der Waals surface area contributed by atoms with Gasteiger partial charge in [0.1, 0.15) is 17.8 Å². The number of aliphatic carboxylic acids is 1. The lowest BCUT2D eigenvalue weighted by Gasteiger charge is -2.36. The highest BCUT2D eigenvalue weighted by atomic mass is 19.4. The zero-order chi connectivity index (χ0) is 41.6. The summed E-state index contributed by atoms with van der Waals surface area (Å²) in [5.41, 5.74) is 4.13. The van der Waals surface area contributed by atoms with Gasteiger partial charge in [0.15, 0.2) is 0 Å². The number of fused-ring (bicyclic) bond motifs is 1. The Morgan fingerprint density at radius 1 is 0.965 bits per heavy atom. The van der Waals surface area contributed by atoms with Gasteiger partial charge >= 0.3 is 12.3 Å². The molecule has 0 spiro atoms. The number of quaternary nitrogens is 1. The lowest BCUT2D eigenvalue weighted by Crippen LogP contribution is -2.48. The third-order valence-corrected chi connectivity index (χ3v) is 9.62. The van der Waals surface area contributed by atoms with Crippen LogP contribution in [-0.4, -0.2) is 96.7 Å². The molecule has 1 aromatic heterocycles. The average molecular weight is 798 g/mol. The van der Waals surface area contributed by atoms with E-state index in [1.54, 1.807) is 12.1 Å². The van der Waals surface area contributed by atoms with E-state index in [1.165, 1.54) is 12.1 Å². The summed E-state index contributed by atoms with van der Waals surface area (Å²) in [5, 5.41) is 39.4. The number of carbonyl (C=O) groups excluding carboxylic acids is 3. The van der Waals surface area contributed by atoms with E-state index in [2.05, 4.69) is 35.0 Å². The number of amides is 2. The maximum Gasteiger partial charge on any atom is 0.430 e. The minimum Gasteiger partial charge on any atom is -0.542 e. The van der Waals surface area contributed by atoms with E-state index in [0.29, 0.717) is 54.6 Å². The number of H-pyrrole nitrogens is 1. The van der Waals surface area contributed by atoms with Gasteiger partial charge in [0.05, 0.1) is 44.5 Å². The van der Waals surface area contributed by atoms with Crippen molar-refractivity contribution >= 4 is 34.6 Å². The molecule has 2 amide bonds. The Balaban J connectivity index is 0.000000940. The Labute approximate surface area is 328 Å². The van der Waals surface area contributed by atoms with Crippen LogP contribution >= 0.6 is 0 Å². The van der Waals surface area contributed by atoms with Gasteiger partial charge in [-0.15, -0.1) is 0 Å². The number of likely N-dealkylation sites (tertiary alicyclic amines) is 1. The number of unbranched alkanes of at least 4 members (excludes halogenated alkanes) is 2. The number of pyridine rings is 1. The zero-order valence-corrected chi connectivity index (χ0v) is 32.0. The first-order chi connectivity index (χ1) is 27.0. The molecule has 1 atom stereocenters. The van der Waals surface area contributed by atoms with Crippen molar-refractivity contribution in [3.8, 4) is 16.9 Å². The predicted molar refractivity (Wildman–Crippen MR) is 207 cm³/mol. The molecule has 13 nitrogen and oxygen atoms in total. The number of rotatable bonds is 15. The molecule has 1 aliphatic heterocycles. The number of aromatic nitrogens is 1. The molecule has 308 valence electrons. The van der Waals surface area contributed by atoms with E-state index in [1.807, 2.05) is 48.5 Å². The standard InChI is InChI=1S/C39H49N5O6.C2HF3O2/c1-44(2)23-19-29(20-24-44)50-39(49)42-33-25-27(11-13-30(33)28-9-5-3-6-10-28)12-17-36(47)41-22-8-4-7-21-40-26-35(46)31-14-16-34(45)38-32(31)15-18-37(48)43-38;3-2(4,5)1(6)7/h3,5-6,9-11,13-16,18,25,29,35,40,46H,4,7-8,12,17,19-24,26H2,1-2H3,(H3-,41,42,43,45,47,48,49);(H,6,7)/t35-;/m0./s1. The van der Waals surface area contributed by atoms with Crippen LogP contribution in [0.1, 0.15) is 55.8 Å². The predicted octanol–water partition coefficient (Wildman–Crippen LogP) is 4.53. The van der Waals surface area contributed by atoms with Crippen molar-refractivity contribution < 1.29 is 52.1 Å². The van der Waals surface area contributed by atoms with Crippen LogP contribution in [0.5, 0.6) is 5.75 Å². The Kier molecular flexibility index (Phi) is 16.0. The molecule has 0 aliphatic carbocycles. The number of nitrogens with one attached hydrogen (secondary N) is 4. The molecule has 57 heavy (non-hydrogen) atoms.